The van der Waals surface area contributed by atoms with Crippen molar-refractivity contribution in [3.8, 4) is 0 Å². The molecule has 0 spiro atoms. The zero-order valence-electron chi connectivity index (χ0n) is 12.9. The zero-order valence-corrected chi connectivity index (χ0v) is 13.7. The van der Waals surface area contributed by atoms with Gasteiger partial charge in [0.1, 0.15) is 10.7 Å². The highest BCUT2D eigenvalue weighted by Crippen LogP contribution is 2.20. The summed E-state index contributed by atoms with van der Waals surface area (Å²) in [7, 11) is 1.66. The maximum absolute atomic E-state index is 12.0. The molecule has 0 saturated carbocycles. The minimum atomic E-state index is -3.41. The molecule has 1 aliphatic rings. The summed E-state index contributed by atoms with van der Waals surface area (Å²) >= 11 is 0. The van der Waals surface area contributed by atoms with Crippen molar-refractivity contribution in [3.05, 3.63) is 18.3 Å². The first-order chi connectivity index (χ1) is 9.93. The molecule has 6 nitrogen and oxygen atoms in total. The highest BCUT2D eigenvalue weighted by molar-refractivity contribution is 7.89. The van der Waals surface area contributed by atoms with E-state index in [4.69, 9.17) is 0 Å². The third-order valence-corrected chi connectivity index (χ3v) is 5.75. The SMILES string of the molecule is CN(c1ccc(S(=O)(=O)N(C)C)cn1)C1CCCNCC1. The second-order valence-corrected chi connectivity index (χ2v) is 7.74. The number of aromatic nitrogens is 1. The van der Waals surface area contributed by atoms with Gasteiger partial charge in [-0.25, -0.2) is 17.7 Å². The Balaban J connectivity index is 2.14. The summed E-state index contributed by atoms with van der Waals surface area (Å²) in [6.07, 6.45) is 4.80. The Bertz CT molecular complexity index is 549. The summed E-state index contributed by atoms with van der Waals surface area (Å²) in [5.74, 6) is 0.819. The number of pyridine rings is 1. The van der Waals surface area contributed by atoms with Crippen LogP contribution in [0, 0.1) is 0 Å². The van der Waals surface area contributed by atoms with Crippen LogP contribution in [0.5, 0.6) is 0 Å². The summed E-state index contributed by atoms with van der Waals surface area (Å²) in [5, 5.41) is 3.39. The topological polar surface area (TPSA) is 65.5 Å². The second kappa shape index (κ2) is 6.72. The van der Waals surface area contributed by atoms with E-state index in [-0.39, 0.29) is 4.90 Å². The number of rotatable bonds is 4. The van der Waals surface area contributed by atoms with Crippen molar-refractivity contribution in [2.45, 2.75) is 30.2 Å². The number of anilines is 1. The molecule has 0 bridgehead atoms. The van der Waals surface area contributed by atoms with Crippen molar-refractivity contribution in [2.75, 3.05) is 39.1 Å². The predicted octanol–water partition coefficient (Wildman–Crippen LogP) is 0.910. The van der Waals surface area contributed by atoms with Crippen molar-refractivity contribution >= 4 is 15.8 Å². The lowest BCUT2D eigenvalue weighted by Crippen LogP contribution is -2.33. The Hall–Kier alpha value is -1.18. The van der Waals surface area contributed by atoms with Crippen LogP contribution in [-0.4, -0.2) is 58.0 Å². The van der Waals surface area contributed by atoms with E-state index in [1.807, 2.05) is 7.05 Å². The molecule has 21 heavy (non-hydrogen) atoms. The molecule has 1 N–H and O–H groups in total. The third kappa shape index (κ3) is 3.72. The van der Waals surface area contributed by atoms with E-state index in [1.165, 1.54) is 24.6 Å². The van der Waals surface area contributed by atoms with E-state index in [9.17, 15) is 8.42 Å². The van der Waals surface area contributed by atoms with E-state index in [2.05, 4.69) is 15.2 Å². The van der Waals surface area contributed by atoms with Gasteiger partial charge in [0.2, 0.25) is 10.0 Å². The van der Waals surface area contributed by atoms with Crippen LogP contribution in [0.2, 0.25) is 0 Å². The van der Waals surface area contributed by atoms with Crippen LogP contribution >= 0.6 is 0 Å². The van der Waals surface area contributed by atoms with E-state index >= 15 is 0 Å². The summed E-state index contributed by atoms with van der Waals surface area (Å²) in [4.78, 5) is 6.71. The van der Waals surface area contributed by atoms with Crippen molar-refractivity contribution in [1.29, 1.82) is 0 Å². The Morgan fingerprint density at radius 2 is 1.95 bits per heavy atom. The molecular formula is C14H24N4O2S. The molecule has 0 radical (unpaired) electrons. The number of hydrogen-bond acceptors (Lipinski definition) is 5. The lowest BCUT2D eigenvalue weighted by molar-refractivity contribution is 0.520. The van der Waals surface area contributed by atoms with E-state index in [0.29, 0.717) is 6.04 Å². The second-order valence-electron chi connectivity index (χ2n) is 5.59. The quantitative estimate of drug-likeness (QED) is 0.895. The lowest BCUT2D eigenvalue weighted by atomic mass is 10.1. The van der Waals surface area contributed by atoms with Crippen molar-refractivity contribution in [3.63, 3.8) is 0 Å². The first kappa shape index (κ1) is 16.2. The van der Waals surface area contributed by atoms with Gasteiger partial charge in [-0.15, -0.1) is 0 Å². The van der Waals surface area contributed by atoms with Crippen LogP contribution in [0.4, 0.5) is 5.82 Å². The van der Waals surface area contributed by atoms with Crippen molar-refractivity contribution in [2.24, 2.45) is 0 Å². The molecule has 1 saturated heterocycles. The van der Waals surface area contributed by atoms with Gasteiger partial charge in [0.05, 0.1) is 0 Å². The van der Waals surface area contributed by atoms with Crippen LogP contribution in [0.3, 0.4) is 0 Å². The molecule has 1 fully saturated rings. The molecule has 1 unspecified atom stereocenters. The standard InChI is InChI=1S/C14H24N4O2S/c1-17(2)21(19,20)13-6-7-14(16-11-13)18(3)12-5-4-9-15-10-8-12/h6-7,11-12,15H,4-5,8-10H2,1-3H3. The van der Waals surface area contributed by atoms with Crippen LogP contribution in [-0.2, 0) is 10.0 Å². The highest BCUT2D eigenvalue weighted by atomic mass is 32.2. The molecular weight excluding hydrogens is 288 g/mol. The number of sulfonamides is 1. The molecule has 1 aromatic rings. The minimum Gasteiger partial charge on any atom is -0.357 e. The molecule has 2 rings (SSSR count). The molecule has 0 aliphatic carbocycles. The maximum Gasteiger partial charge on any atom is 0.244 e. The maximum atomic E-state index is 12.0. The molecule has 2 heterocycles. The van der Waals surface area contributed by atoms with Gasteiger partial charge in [-0.3, -0.25) is 0 Å². The van der Waals surface area contributed by atoms with E-state index in [1.54, 1.807) is 12.1 Å². The molecule has 1 aliphatic heterocycles. The largest absolute Gasteiger partial charge is 0.357 e. The predicted molar refractivity (Wildman–Crippen MR) is 84.0 cm³/mol. The Morgan fingerprint density at radius 1 is 1.19 bits per heavy atom. The average molecular weight is 312 g/mol. The Morgan fingerprint density at radius 3 is 2.57 bits per heavy atom. The molecule has 118 valence electrons. The number of hydrogen-bond donors (Lipinski definition) is 1. The van der Waals surface area contributed by atoms with Crippen molar-refractivity contribution < 1.29 is 8.42 Å². The van der Waals surface area contributed by atoms with Gasteiger partial charge < -0.3 is 10.2 Å². The van der Waals surface area contributed by atoms with Gasteiger partial charge >= 0.3 is 0 Å². The van der Waals surface area contributed by atoms with Gasteiger partial charge in [0.15, 0.2) is 0 Å². The van der Waals surface area contributed by atoms with Gasteiger partial charge in [-0.2, -0.15) is 0 Å². The van der Waals surface area contributed by atoms with Gasteiger partial charge in [-0.1, -0.05) is 0 Å². The van der Waals surface area contributed by atoms with Crippen LogP contribution in [0.15, 0.2) is 23.2 Å². The van der Waals surface area contributed by atoms with E-state index in [0.717, 1.165) is 38.2 Å². The first-order valence-corrected chi connectivity index (χ1v) is 8.69. The lowest BCUT2D eigenvalue weighted by Gasteiger charge is -2.28. The fourth-order valence-electron chi connectivity index (χ4n) is 2.52. The summed E-state index contributed by atoms with van der Waals surface area (Å²) in [6.45, 7) is 2.08. The summed E-state index contributed by atoms with van der Waals surface area (Å²) in [5.41, 5.74) is 0. The van der Waals surface area contributed by atoms with Crippen LogP contribution in [0.25, 0.3) is 0 Å². The zero-order chi connectivity index (χ0) is 15.5. The monoisotopic (exact) mass is 312 g/mol. The summed E-state index contributed by atoms with van der Waals surface area (Å²) < 4.78 is 25.2. The fraction of sp³-hybridized carbons (Fsp3) is 0.643. The Labute approximate surface area is 127 Å². The average Bonchev–Trinajstić information content (AvgIpc) is 2.75. The van der Waals surface area contributed by atoms with Gasteiger partial charge in [0.25, 0.3) is 0 Å². The Kier molecular flexibility index (Phi) is 5.18. The summed E-state index contributed by atoms with van der Waals surface area (Å²) in [6, 6.07) is 3.86. The van der Waals surface area contributed by atoms with Crippen LogP contribution in [0.1, 0.15) is 19.3 Å². The fourth-order valence-corrected chi connectivity index (χ4v) is 3.37. The van der Waals surface area contributed by atoms with Gasteiger partial charge in [-0.05, 0) is 44.5 Å². The molecule has 1 atom stereocenters. The normalized spacial score (nSPS) is 20.3. The van der Waals surface area contributed by atoms with Gasteiger partial charge in [0, 0.05) is 33.4 Å². The molecule has 1 aromatic heterocycles. The molecule has 7 heteroatoms. The van der Waals surface area contributed by atoms with Crippen molar-refractivity contribution in [1.82, 2.24) is 14.6 Å². The smallest absolute Gasteiger partial charge is 0.244 e. The third-order valence-electron chi connectivity index (χ3n) is 3.95. The highest BCUT2D eigenvalue weighted by Gasteiger charge is 2.20. The van der Waals surface area contributed by atoms with Crippen LogP contribution < -0.4 is 10.2 Å². The molecule has 0 aromatic carbocycles. The number of nitrogens with zero attached hydrogens (tertiary/aromatic N) is 3. The minimum absolute atomic E-state index is 0.229. The number of nitrogens with one attached hydrogen (secondary N) is 1. The first-order valence-electron chi connectivity index (χ1n) is 7.25. The van der Waals surface area contributed by atoms with E-state index < -0.39 is 10.0 Å². The molecule has 0 amide bonds.